The van der Waals surface area contributed by atoms with Crippen LogP contribution in [0.3, 0.4) is 0 Å². The fraction of sp³-hybridized carbons (Fsp3) is 0.300. The SMILES string of the molecule is COc1cc(C(=S)N2CCCC2)ccc1OS(=O)(=O)c1ccc(NC(C)=O)cc1. The Bertz CT molecular complexity index is 1010. The van der Waals surface area contributed by atoms with E-state index < -0.39 is 10.1 Å². The molecule has 0 aromatic heterocycles. The van der Waals surface area contributed by atoms with Gasteiger partial charge in [-0.15, -0.1) is 0 Å². The van der Waals surface area contributed by atoms with Crippen LogP contribution in [0, 0.1) is 0 Å². The number of anilines is 1. The summed E-state index contributed by atoms with van der Waals surface area (Å²) in [5, 5.41) is 2.58. The maximum absolute atomic E-state index is 12.6. The lowest BCUT2D eigenvalue weighted by molar-refractivity contribution is -0.114. The third-order valence-electron chi connectivity index (χ3n) is 4.47. The Hall–Kier alpha value is -2.65. The first-order chi connectivity index (χ1) is 13.8. The van der Waals surface area contributed by atoms with Crippen LogP contribution in [0.15, 0.2) is 47.4 Å². The molecule has 0 unspecified atom stereocenters. The molecule has 9 heteroatoms. The number of hydrogen-bond donors (Lipinski definition) is 1. The van der Waals surface area contributed by atoms with Gasteiger partial charge in [-0.2, -0.15) is 8.42 Å². The molecule has 1 saturated heterocycles. The van der Waals surface area contributed by atoms with Gasteiger partial charge in [-0.1, -0.05) is 12.2 Å². The number of carbonyl (C=O) groups excluding carboxylic acids is 1. The fourth-order valence-electron chi connectivity index (χ4n) is 3.05. The van der Waals surface area contributed by atoms with E-state index in [9.17, 15) is 13.2 Å². The zero-order valence-electron chi connectivity index (χ0n) is 16.2. The Kier molecular flexibility index (Phi) is 6.39. The second-order valence-corrected chi connectivity index (χ2v) is 8.54. The quantitative estimate of drug-likeness (QED) is 0.552. The van der Waals surface area contributed by atoms with E-state index in [-0.39, 0.29) is 22.3 Å². The molecule has 1 aliphatic heterocycles. The van der Waals surface area contributed by atoms with Gasteiger partial charge in [0.15, 0.2) is 11.5 Å². The number of rotatable bonds is 6. The van der Waals surface area contributed by atoms with Crippen LogP contribution in [-0.4, -0.2) is 44.4 Å². The van der Waals surface area contributed by atoms with Crippen LogP contribution < -0.4 is 14.2 Å². The molecule has 0 atom stereocenters. The first-order valence-corrected chi connectivity index (χ1v) is 10.9. The molecule has 1 aliphatic rings. The molecule has 154 valence electrons. The molecule has 29 heavy (non-hydrogen) atoms. The number of carbonyl (C=O) groups is 1. The first-order valence-electron chi connectivity index (χ1n) is 9.09. The maximum Gasteiger partial charge on any atom is 0.339 e. The van der Waals surface area contributed by atoms with Gasteiger partial charge in [0.05, 0.1) is 7.11 Å². The van der Waals surface area contributed by atoms with Crippen LogP contribution >= 0.6 is 12.2 Å². The third-order valence-corrected chi connectivity index (χ3v) is 6.21. The second-order valence-electron chi connectivity index (χ2n) is 6.61. The number of benzene rings is 2. The summed E-state index contributed by atoms with van der Waals surface area (Å²) < 4.78 is 35.9. The first kappa shape index (κ1) is 21.1. The van der Waals surface area contributed by atoms with Crippen molar-refractivity contribution in [3.63, 3.8) is 0 Å². The lowest BCUT2D eigenvalue weighted by Crippen LogP contribution is -2.26. The number of amides is 1. The van der Waals surface area contributed by atoms with Crippen molar-refractivity contribution in [1.29, 1.82) is 0 Å². The maximum atomic E-state index is 12.6. The molecular weight excluding hydrogens is 412 g/mol. The molecule has 0 spiro atoms. The molecule has 1 heterocycles. The van der Waals surface area contributed by atoms with Gasteiger partial charge in [-0.25, -0.2) is 0 Å². The third kappa shape index (κ3) is 5.04. The number of nitrogens with zero attached hydrogens (tertiary/aromatic N) is 1. The summed E-state index contributed by atoms with van der Waals surface area (Å²) >= 11 is 5.54. The Labute approximate surface area is 175 Å². The number of thiocarbonyl (C=S) groups is 1. The summed E-state index contributed by atoms with van der Waals surface area (Å²) in [5.74, 6) is 0.113. The van der Waals surface area contributed by atoms with Crippen molar-refractivity contribution in [2.45, 2.75) is 24.7 Å². The Morgan fingerprint density at radius 3 is 2.31 bits per heavy atom. The van der Waals surface area contributed by atoms with Gasteiger partial charge in [-0.05, 0) is 55.3 Å². The van der Waals surface area contributed by atoms with E-state index >= 15 is 0 Å². The van der Waals surface area contributed by atoms with Crippen molar-refractivity contribution >= 4 is 38.9 Å². The van der Waals surface area contributed by atoms with Crippen LogP contribution in [0.5, 0.6) is 11.5 Å². The molecule has 7 nitrogen and oxygen atoms in total. The summed E-state index contributed by atoms with van der Waals surface area (Å²) in [4.78, 5) is 13.9. The van der Waals surface area contributed by atoms with Gasteiger partial charge < -0.3 is 19.1 Å². The standard InChI is InChI=1S/C20H22N2O5S2/c1-14(23)21-16-6-8-17(9-7-16)29(24,25)27-18-10-5-15(13-19(18)26-2)20(28)22-11-3-4-12-22/h5-10,13H,3-4,11-12H2,1-2H3,(H,21,23). The topological polar surface area (TPSA) is 84.9 Å². The van der Waals surface area contributed by atoms with Crippen molar-refractivity contribution in [1.82, 2.24) is 4.90 Å². The molecular formula is C20H22N2O5S2. The summed E-state index contributed by atoms with van der Waals surface area (Å²) in [5.41, 5.74) is 1.27. The summed E-state index contributed by atoms with van der Waals surface area (Å²) in [6.45, 7) is 3.21. The van der Waals surface area contributed by atoms with E-state index in [0.29, 0.717) is 10.7 Å². The molecule has 0 radical (unpaired) electrons. The smallest absolute Gasteiger partial charge is 0.339 e. The van der Waals surface area contributed by atoms with Crippen molar-refractivity contribution in [3.05, 3.63) is 48.0 Å². The summed E-state index contributed by atoms with van der Waals surface area (Å²) in [6, 6.07) is 10.7. The van der Waals surface area contributed by atoms with E-state index in [1.165, 1.54) is 38.3 Å². The average Bonchev–Trinajstić information content (AvgIpc) is 3.22. The van der Waals surface area contributed by atoms with Crippen LogP contribution in [0.1, 0.15) is 25.3 Å². The lowest BCUT2D eigenvalue weighted by atomic mass is 10.2. The molecule has 0 aliphatic carbocycles. The van der Waals surface area contributed by atoms with Crippen molar-refractivity contribution in [3.8, 4) is 11.5 Å². The van der Waals surface area contributed by atoms with Crippen molar-refractivity contribution < 1.29 is 22.1 Å². The molecule has 0 bridgehead atoms. The minimum atomic E-state index is -4.08. The van der Waals surface area contributed by atoms with Crippen molar-refractivity contribution in [2.75, 3.05) is 25.5 Å². The monoisotopic (exact) mass is 434 g/mol. The average molecular weight is 435 g/mol. The summed E-state index contributed by atoms with van der Waals surface area (Å²) in [6.07, 6.45) is 2.22. The van der Waals surface area contributed by atoms with E-state index in [4.69, 9.17) is 21.1 Å². The van der Waals surface area contributed by atoms with Gasteiger partial charge in [0.1, 0.15) is 9.88 Å². The van der Waals surface area contributed by atoms with Gasteiger partial charge in [0, 0.05) is 31.3 Å². The van der Waals surface area contributed by atoms with Crippen molar-refractivity contribution in [2.24, 2.45) is 0 Å². The van der Waals surface area contributed by atoms with E-state index in [1.807, 2.05) is 0 Å². The van der Waals surface area contributed by atoms with E-state index in [0.717, 1.165) is 31.5 Å². The van der Waals surface area contributed by atoms with E-state index in [1.54, 1.807) is 18.2 Å². The molecule has 1 fully saturated rings. The second kappa shape index (κ2) is 8.79. The number of likely N-dealkylation sites (tertiary alicyclic amines) is 1. The van der Waals surface area contributed by atoms with Gasteiger partial charge in [0.2, 0.25) is 5.91 Å². The largest absolute Gasteiger partial charge is 0.493 e. The van der Waals surface area contributed by atoms with Gasteiger partial charge in [-0.3, -0.25) is 4.79 Å². The molecule has 3 rings (SSSR count). The molecule has 0 saturated carbocycles. The summed E-state index contributed by atoms with van der Waals surface area (Å²) in [7, 11) is -2.63. The predicted molar refractivity (Wildman–Crippen MR) is 114 cm³/mol. The van der Waals surface area contributed by atoms with Gasteiger partial charge in [0.25, 0.3) is 0 Å². The predicted octanol–water partition coefficient (Wildman–Crippen LogP) is 3.19. The minimum absolute atomic E-state index is 0.0367. The molecule has 1 N–H and O–H groups in total. The van der Waals surface area contributed by atoms with Crippen LogP contribution in [0.4, 0.5) is 5.69 Å². The number of hydrogen-bond acceptors (Lipinski definition) is 6. The minimum Gasteiger partial charge on any atom is -0.493 e. The van der Waals surface area contributed by atoms with Crippen LogP contribution in [0.25, 0.3) is 0 Å². The zero-order chi connectivity index (χ0) is 21.0. The molecule has 2 aromatic rings. The van der Waals surface area contributed by atoms with Crippen LogP contribution in [-0.2, 0) is 14.9 Å². The molecule has 2 aromatic carbocycles. The Balaban J connectivity index is 1.80. The highest BCUT2D eigenvalue weighted by Crippen LogP contribution is 2.32. The zero-order valence-corrected chi connectivity index (χ0v) is 17.8. The van der Waals surface area contributed by atoms with E-state index in [2.05, 4.69) is 10.2 Å². The highest BCUT2D eigenvalue weighted by Gasteiger charge is 2.21. The normalized spacial score (nSPS) is 13.8. The lowest BCUT2D eigenvalue weighted by Gasteiger charge is -2.19. The highest BCUT2D eigenvalue weighted by atomic mass is 32.2. The highest BCUT2D eigenvalue weighted by molar-refractivity contribution is 7.87. The van der Waals surface area contributed by atoms with Gasteiger partial charge >= 0.3 is 10.1 Å². The fourth-order valence-corrected chi connectivity index (χ4v) is 4.30. The van der Waals surface area contributed by atoms with Crippen LogP contribution in [0.2, 0.25) is 0 Å². The number of ether oxygens (including phenoxy) is 1. The Morgan fingerprint density at radius 2 is 1.72 bits per heavy atom. The molecule has 1 amide bonds. The number of nitrogens with one attached hydrogen (secondary N) is 1. The number of methoxy groups -OCH3 is 1. The Morgan fingerprint density at radius 1 is 1.07 bits per heavy atom.